The van der Waals surface area contributed by atoms with Crippen LogP contribution in [0.15, 0.2) is 30.3 Å². The Balaban J connectivity index is 0.000000352. The molecule has 1 atom stereocenters. The predicted molar refractivity (Wildman–Crippen MR) is 92.9 cm³/mol. The molecule has 0 bridgehead atoms. The number of rotatable bonds is 2. The van der Waals surface area contributed by atoms with Crippen molar-refractivity contribution in [2.45, 2.75) is 46.1 Å². The SMILES string of the molecule is CC1CCN(C)CC1.CCC.NC(C(=O)O)c1ccccc1. The number of carbonyl (C=O) groups is 1. The zero-order chi connectivity index (χ0) is 17.0. The van der Waals surface area contributed by atoms with Gasteiger partial charge in [0, 0.05) is 0 Å². The van der Waals surface area contributed by atoms with E-state index in [0.29, 0.717) is 5.56 Å². The molecule has 0 spiro atoms. The van der Waals surface area contributed by atoms with Crippen LogP contribution in [0.1, 0.15) is 51.6 Å². The van der Waals surface area contributed by atoms with E-state index in [4.69, 9.17) is 10.8 Å². The maximum absolute atomic E-state index is 10.4. The van der Waals surface area contributed by atoms with Crippen LogP contribution in [0.25, 0.3) is 0 Å². The molecule has 0 radical (unpaired) electrons. The van der Waals surface area contributed by atoms with Gasteiger partial charge in [-0.25, -0.2) is 0 Å². The molecule has 4 heteroatoms. The first-order valence-corrected chi connectivity index (χ1v) is 8.14. The Labute approximate surface area is 135 Å². The average molecular weight is 308 g/mol. The monoisotopic (exact) mass is 308 g/mol. The summed E-state index contributed by atoms with van der Waals surface area (Å²) in [5.74, 6) is -0.0256. The molecule has 1 fully saturated rings. The number of aliphatic carboxylic acids is 1. The highest BCUT2D eigenvalue weighted by Crippen LogP contribution is 2.13. The van der Waals surface area contributed by atoms with Crippen molar-refractivity contribution in [1.29, 1.82) is 0 Å². The summed E-state index contributed by atoms with van der Waals surface area (Å²) in [7, 11) is 2.20. The van der Waals surface area contributed by atoms with Crippen LogP contribution in [0.3, 0.4) is 0 Å². The van der Waals surface area contributed by atoms with Gasteiger partial charge in [-0.3, -0.25) is 4.79 Å². The van der Waals surface area contributed by atoms with Crippen LogP contribution in [0.4, 0.5) is 0 Å². The number of carboxylic acid groups (broad SMARTS) is 1. The molecule has 0 saturated carbocycles. The molecule has 1 unspecified atom stereocenters. The third-order valence-corrected chi connectivity index (χ3v) is 3.43. The topological polar surface area (TPSA) is 66.6 Å². The molecule has 1 aliphatic heterocycles. The molecule has 1 heterocycles. The van der Waals surface area contributed by atoms with Crippen molar-refractivity contribution in [3.05, 3.63) is 35.9 Å². The van der Waals surface area contributed by atoms with Crippen molar-refractivity contribution >= 4 is 5.97 Å². The van der Waals surface area contributed by atoms with E-state index in [-0.39, 0.29) is 0 Å². The van der Waals surface area contributed by atoms with Crippen LogP contribution in [-0.2, 0) is 4.79 Å². The normalized spacial score (nSPS) is 16.6. The largest absolute Gasteiger partial charge is 0.480 e. The zero-order valence-corrected chi connectivity index (χ0v) is 14.5. The van der Waals surface area contributed by atoms with E-state index in [2.05, 4.69) is 32.7 Å². The molecule has 0 aromatic heterocycles. The number of hydrogen-bond donors (Lipinski definition) is 2. The second kappa shape index (κ2) is 12.2. The number of carboxylic acids is 1. The average Bonchev–Trinajstić information content (AvgIpc) is 2.52. The van der Waals surface area contributed by atoms with Crippen LogP contribution in [0, 0.1) is 5.92 Å². The van der Waals surface area contributed by atoms with Crippen molar-refractivity contribution in [3.8, 4) is 0 Å². The Morgan fingerprint density at radius 3 is 2.09 bits per heavy atom. The van der Waals surface area contributed by atoms with Crippen LogP contribution >= 0.6 is 0 Å². The Morgan fingerprint density at radius 1 is 1.27 bits per heavy atom. The van der Waals surface area contributed by atoms with Crippen molar-refractivity contribution in [2.24, 2.45) is 11.7 Å². The molecule has 1 aliphatic rings. The maximum atomic E-state index is 10.4. The van der Waals surface area contributed by atoms with Crippen molar-refractivity contribution in [1.82, 2.24) is 4.90 Å². The van der Waals surface area contributed by atoms with Gasteiger partial charge in [-0.2, -0.15) is 0 Å². The van der Waals surface area contributed by atoms with Gasteiger partial charge in [-0.15, -0.1) is 0 Å². The molecule has 1 aromatic rings. The summed E-state index contributed by atoms with van der Waals surface area (Å²) in [5.41, 5.74) is 5.96. The summed E-state index contributed by atoms with van der Waals surface area (Å²) in [5, 5.41) is 8.51. The third-order valence-electron chi connectivity index (χ3n) is 3.43. The second-order valence-corrected chi connectivity index (χ2v) is 5.92. The minimum Gasteiger partial charge on any atom is -0.480 e. The summed E-state index contributed by atoms with van der Waals surface area (Å²) in [6.45, 7) is 9.20. The Kier molecular flexibility index (Phi) is 11.4. The molecule has 1 saturated heterocycles. The van der Waals surface area contributed by atoms with Crippen LogP contribution < -0.4 is 5.73 Å². The van der Waals surface area contributed by atoms with Crippen LogP contribution in [0.5, 0.6) is 0 Å². The Bertz CT molecular complexity index is 377. The van der Waals surface area contributed by atoms with Crippen LogP contribution in [-0.4, -0.2) is 36.1 Å². The zero-order valence-electron chi connectivity index (χ0n) is 14.5. The lowest BCUT2D eigenvalue weighted by atomic mass is 10.00. The number of hydrogen-bond acceptors (Lipinski definition) is 3. The molecular weight excluding hydrogens is 276 g/mol. The van der Waals surface area contributed by atoms with Crippen molar-refractivity contribution < 1.29 is 9.90 Å². The van der Waals surface area contributed by atoms with E-state index in [0.717, 1.165) is 5.92 Å². The second-order valence-electron chi connectivity index (χ2n) is 5.92. The van der Waals surface area contributed by atoms with E-state index >= 15 is 0 Å². The first-order chi connectivity index (χ1) is 10.4. The van der Waals surface area contributed by atoms with E-state index in [1.54, 1.807) is 24.3 Å². The minimum absolute atomic E-state index is 0.625. The lowest BCUT2D eigenvalue weighted by Gasteiger charge is -2.26. The van der Waals surface area contributed by atoms with Gasteiger partial charge in [0.1, 0.15) is 6.04 Å². The summed E-state index contributed by atoms with van der Waals surface area (Å²) >= 11 is 0. The smallest absolute Gasteiger partial charge is 0.325 e. The van der Waals surface area contributed by atoms with Gasteiger partial charge >= 0.3 is 5.97 Å². The van der Waals surface area contributed by atoms with E-state index in [9.17, 15) is 4.79 Å². The highest BCUT2D eigenvalue weighted by molar-refractivity contribution is 5.75. The van der Waals surface area contributed by atoms with Gasteiger partial charge in [-0.05, 0) is 44.5 Å². The predicted octanol–water partition coefficient (Wildman–Crippen LogP) is 3.54. The Hall–Kier alpha value is -1.39. The number of benzene rings is 1. The van der Waals surface area contributed by atoms with Crippen molar-refractivity contribution in [2.75, 3.05) is 20.1 Å². The van der Waals surface area contributed by atoms with Crippen LogP contribution in [0.2, 0.25) is 0 Å². The lowest BCUT2D eigenvalue weighted by Crippen LogP contribution is -2.28. The first-order valence-electron chi connectivity index (χ1n) is 8.14. The fraction of sp³-hybridized carbons (Fsp3) is 0.611. The molecule has 3 N–H and O–H groups in total. The lowest BCUT2D eigenvalue weighted by molar-refractivity contribution is -0.138. The van der Waals surface area contributed by atoms with Crippen molar-refractivity contribution in [3.63, 3.8) is 0 Å². The molecule has 22 heavy (non-hydrogen) atoms. The van der Waals surface area contributed by atoms with Gasteiger partial charge in [0.25, 0.3) is 0 Å². The minimum atomic E-state index is -1.00. The molecular formula is C18H32N2O2. The standard InChI is InChI=1S/C8H9NO2.C7H15N.C3H8/c9-7(8(10)11)6-4-2-1-3-5-6;1-7-3-5-8(2)6-4-7;1-3-2/h1-5,7H,9H2,(H,10,11);7H,3-6H2,1-2H3;3H2,1-2H3. The third kappa shape index (κ3) is 9.53. The molecule has 4 nitrogen and oxygen atoms in total. The number of nitrogens with zero attached hydrogens (tertiary/aromatic N) is 1. The molecule has 2 rings (SSSR count). The summed E-state index contributed by atoms with van der Waals surface area (Å²) < 4.78 is 0. The first kappa shape index (κ1) is 20.6. The quantitative estimate of drug-likeness (QED) is 0.877. The summed E-state index contributed by atoms with van der Waals surface area (Å²) in [6, 6.07) is 7.82. The van der Waals surface area contributed by atoms with E-state index in [1.165, 1.54) is 32.4 Å². The van der Waals surface area contributed by atoms with Gasteiger partial charge < -0.3 is 15.7 Å². The molecule has 0 aliphatic carbocycles. The maximum Gasteiger partial charge on any atom is 0.325 e. The van der Waals surface area contributed by atoms with Gasteiger partial charge in [-0.1, -0.05) is 57.5 Å². The van der Waals surface area contributed by atoms with Gasteiger partial charge in [0.2, 0.25) is 0 Å². The van der Waals surface area contributed by atoms with Gasteiger partial charge in [0.05, 0.1) is 0 Å². The highest BCUT2D eigenvalue weighted by Gasteiger charge is 2.12. The Morgan fingerprint density at radius 2 is 1.73 bits per heavy atom. The number of piperidine rings is 1. The fourth-order valence-corrected chi connectivity index (χ4v) is 1.94. The van der Waals surface area contributed by atoms with E-state index < -0.39 is 12.0 Å². The molecule has 126 valence electrons. The van der Waals surface area contributed by atoms with E-state index in [1.807, 2.05) is 6.07 Å². The number of nitrogens with two attached hydrogens (primary N) is 1. The van der Waals surface area contributed by atoms with Gasteiger partial charge in [0.15, 0.2) is 0 Å². The number of likely N-dealkylation sites (tertiary alicyclic amines) is 1. The fourth-order valence-electron chi connectivity index (χ4n) is 1.94. The molecule has 1 aromatic carbocycles. The summed E-state index contributed by atoms with van der Waals surface area (Å²) in [6.07, 6.45) is 4.05. The highest BCUT2D eigenvalue weighted by atomic mass is 16.4. The molecule has 0 amide bonds. The summed E-state index contributed by atoms with van der Waals surface area (Å²) in [4.78, 5) is 12.8.